The molecule has 0 spiro atoms. The molecule has 1 fully saturated rings. The number of hydrogen-bond donors (Lipinski definition) is 2. The summed E-state index contributed by atoms with van der Waals surface area (Å²) >= 11 is 6.93. The number of benzene rings is 1. The Balaban J connectivity index is 1.68. The molecule has 0 saturated carbocycles. The van der Waals surface area contributed by atoms with Gasteiger partial charge in [0.15, 0.2) is 5.11 Å². The van der Waals surface area contributed by atoms with Crippen molar-refractivity contribution in [2.24, 2.45) is 0 Å². The average molecular weight is 446 g/mol. The zero-order valence-corrected chi connectivity index (χ0v) is 19.0. The molecule has 0 aliphatic carbocycles. The normalized spacial score (nSPS) is 13.4. The van der Waals surface area contributed by atoms with Gasteiger partial charge in [0, 0.05) is 36.5 Å². The molecule has 0 unspecified atom stereocenters. The molecular formula is C22H27N3O3S2. The van der Waals surface area contributed by atoms with Crippen molar-refractivity contribution in [3.63, 3.8) is 0 Å². The van der Waals surface area contributed by atoms with Gasteiger partial charge in [-0.25, -0.2) is 4.79 Å². The zero-order valence-electron chi connectivity index (χ0n) is 17.3. The topological polar surface area (TPSA) is 70.7 Å². The number of aryl methyl sites for hydroxylation is 1. The summed E-state index contributed by atoms with van der Waals surface area (Å²) in [7, 11) is 0. The van der Waals surface area contributed by atoms with Crippen LogP contribution in [0.15, 0.2) is 30.3 Å². The van der Waals surface area contributed by atoms with Crippen LogP contribution in [0.3, 0.4) is 0 Å². The minimum atomic E-state index is -0.362. The molecule has 1 saturated heterocycles. The molecule has 1 aliphatic heterocycles. The van der Waals surface area contributed by atoms with E-state index < -0.39 is 0 Å². The van der Waals surface area contributed by atoms with E-state index in [-0.39, 0.29) is 11.9 Å². The molecule has 2 N–H and O–H groups in total. The van der Waals surface area contributed by atoms with Crippen molar-refractivity contribution in [1.29, 1.82) is 0 Å². The molecular weight excluding hydrogens is 418 g/mol. The van der Waals surface area contributed by atoms with E-state index in [0.29, 0.717) is 35.2 Å². The number of ether oxygens (including phenoxy) is 1. The molecule has 0 atom stereocenters. The van der Waals surface area contributed by atoms with Gasteiger partial charge in [-0.1, -0.05) is 30.3 Å². The first-order valence-corrected chi connectivity index (χ1v) is 11.4. The van der Waals surface area contributed by atoms with Crippen LogP contribution in [-0.4, -0.2) is 48.1 Å². The molecule has 160 valence electrons. The van der Waals surface area contributed by atoms with Crippen LogP contribution < -0.4 is 10.6 Å². The van der Waals surface area contributed by atoms with Gasteiger partial charge in [0.1, 0.15) is 10.6 Å². The van der Waals surface area contributed by atoms with Gasteiger partial charge in [-0.2, -0.15) is 0 Å². The molecule has 0 bridgehead atoms. The predicted molar refractivity (Wildman–Crippen MR) is 125 cm³/mol. The highest BCUT2D eigenvalue weighted by atomic mass is 32.1. The second-order valence-corrected chi connectivity index (χ2v) is 8.68. The van der Waals surface area contributed by atoms with Crippen LogP contribution in [0.25, 0.3) is 11.1 Å². The second-order valence-electron chi connectivity index (χ2n) is 7.04. The Bertz CT molecular complexity index is 912. The highest BCUT2D eigenvalue weighted by Gasteiger charge is 2.25. The van der Waals surface area contributed by atoms with Gasteiger partial charge in [-0.15, -0.1) is 11.3 Å². The summed E-state index contributed by atoms with van der Waals surface area (Å²) in [5, 5.41) is 7.48. The molecule has 1 aromatic heterocycles. The van der Waals surface area contributed by atoms with Crippen LogP contribution in [0.5, 0.6) is 0 Å². The number of thiophene rings is 1. The number of likely N-dealkylation sites (tertiary alicyclic amines) is 1. The summed E-state index contributed by atoms with van der Waals surface area (Å²) in [6.45, 7) is 6.33. The van der Waals surface area contributed by atoms with E-state index in [4.69, 9.17) is 17.0 Å². The summed E-state index contributed by atoms with van der Waals surface area (Å²) < 4.78 is 5.32. The van der Waals surface area contributed by atoms with Gasteiger partial charge in [-0.05, 0) is 44.5 Å². The molecule has 1 amide bonds. The lowest BCUT2D eigenvalue weighted by molar-refractivity contribution is -0.127. The minimum Gasteiger partial charge on any atom is -0.462 e. The summed E-state index contributed by atoms with van der Waals surface area (Å²) in [6, 6.07) is 9.82. The molecule has 2 heterocycles. The number of amides is 1. The molecule has 6 nitrogen and oxygen atoms in total. The number of carbonyl (C=O) groups excluding carboxylic acids is 2. The number of hydrogen-bond acceptors (Lipinski definition) is 5. The van der Waals surface area contributed by atoms with E-state index in [1.165, 1.54) is 11.3 Å². The molecule has 2 aromatic rings. The fourth-order valence-corrected chi connectivity index (χ4v) is 4.88. The van der Waals surface area contributed by atoms with Crippen LogP contribution in [0, 0.1) is 6.92 Å². The smallest absolute Gasteiger partial charge is 0.341 e. The second kappa shape index (κ2) is 10.5. The molecule has 1 aromatic carbocycles. The Kier molecular flexibility index (Phi) is 7.81. The van der Waals surface area contributed by atoms with Gasteiger partial charge < -0.3 is 20.3 Å². The molecule has 30 heavy (non-hydrogen) atoms. The first-order chi connectivity index (χ1) is 14.5. The SMILES string of the molecule is CCOC(=O)c1c(NC(=S)NCCCN2CCCC2=O)sc(C)c1-c1ccccc1. The standard InChI is InChI=1S/C22H27N3O3S2/c1-3-28-21(27)19-18(16-9-5-4-6-10-16)15(2)30-20(19)24-22(29)23-12-8-14-25-13-7-11-17(25)26/h4-6,9-10H,3,7-8,11-14H2,1-2H3,(H2,23,24,29). The van der Waals surface area contributed by atoms with Crippen LogP contribution >= 0.6 is 23.6 Å². The summed E-state index contributed by atoms with van der Waals surface area (Å²) in [5.41, 5.74) is 2.35. The quantitative estimate of drug-likeness (QED) is 0.361. The minimum absolute atomic E-state index is 0.234. The van der Waals surface area contributed by atoms with E-state index in [2.05, 4.69) is 10.6 Å². The summed E-state index contributed by atoms with van der Waals surface area (Å²) in [4.78, 5) is 27.3. The van der Waals surface area contributed by atoms with Crippen LogP contribution in [0.2, 0.25) is 0 Å². The number of esters is 1. The highest BCUT2D eigenvalue weighted by molar-refractivity contribution is 7.80. The Hall–Kier alpha value is -2.45. The first kappa shape index (κ1) is 22.2. The third-order valence-corrected chi connectivity index (χ3v) is 6.18. The Morgan fingerprint density at radius 3 is 2.73 bits per heavy atom. The highest BCUT2D eigenvalue weighted by Crippen LogP contribution is 2.40. The number of nitrogens with one attached hydrogen (secondary N) is 2. The number of thiocarbonyl (C=S) groups is 1. The van der Waals surface area contributed by atoms with Gasteiger partial charge in [-0.3, -0.25) is 4.79 Å². The van der Waals surface area contributed by atoms with Crippen molar-refractivity contribution in [2.75, 3.05) is 31.6 Å². The van der Waals surface area contributed by atoms with Gasteiger partial charge in [0.2, 0.25) is 5.91 Å². The van der Waals surface area contributed by atoms with Crippen molar-refractivity contribution in [3.05, 3.63) is 40.8 Å². The Morgan fingerprint density at radius 2 is 2.07 bits per heavy atom. The van der Waals surface area contributed by atoms with Crippen molar-refractivity contribution in [2.45, 2.75) is 33.1 Å². The Morgan fingerprint density at radius 1 is 1.30 bits per heavy atom. The third kappa shape index (κ3) is 5.37. The monoisotopic (exact) mass is 445 g/mol. The van der Waals surface area contributed by atoms with E-state index in [0.717, 1.165) is 41.9 Å². The maximum atomic E-state index is 12.7. The first-order valence-electron chi connectivity index (χ1n) is 10.2. The third-order valence-electron chi connectivity index (χ3n) is 4.92. The predicted octanol–water partition coefficient (Wildman–Crippen LogP) is 4.20. The molecule has 8 heteroatoms. The number of nitrogens with zero attached hydrogens (tertiary/aromatic N) is 1. The van der Waals surface area contributed by atoms with Crippen molar-refractivity contribution < 1.29 is 14.3 Å². The van der Waals surface area contributed by atoms with Gasteiger partial charge in [0.25, 0.3) is 0 Å². The van der Waals surface area contributed by atoms with Crippen molar-refractivity contribution in [1.82, 2.24) is 10.2 Å². The van der Waals surface area contributed by atoms with Crippen molar-refractivity contribution >= 4 is 45.5 Å². The molecule has 0 radical (unpaired) electrons. The van der Waals surface area contributed by atoms with E-state index in [1.54, 1.807) is 6.92 Å². The lowest BCUT2D eigenvalue weighted by Crippen LogP contribution is -2.33. The molecule has 1 aliphatic rings. The fourth-order valence-electron chi connectivity index (χ4n) is 3.54. The Labute approximate surface area is 186 Å². The van der Waals surface area contributed by atoms with Crippen LogP contribution in [0.1, 0.15) is 41.4 Å². The average Bonchev–Trinajstić information content (AvgIpc) is 3.28. The number of anilines is 1. The van der Waals surface area contributed by atoms with Gasteiger partial charge >= 0.3 is 5.97 Å². The lowest BCUT2D eigenvalue weighted by Gasteiger charge is -2.16. The fraction of sp³-hybridized carbons (Fsp3) is 0.409. The maximum absolute atomic E-state index is 12.7. The van der Waals surface area contributed by atoms with E-state index in [9.17, 15) is 9.59 Å². The lowest BCUT2D eigenvalue weighted by atomic mass is 10.0. The van der Waals surface area contributed by atoms with E-state index in [1.807, 2.05) is 42.2 Å². The largest absolute Gasteiger partial charge is 0.462 e. The van der Waals surface area contributed by atoms with E-state index >= 15 is 0 Å². The maximum Gasteiger partial charge on any atom is 0.341 e. The summed E-state index contributed by atoms with van der Waals surface area (Å²) in [6.07, 6.45) is 2.42. The van der Waals surface area contributed by atoms with Crippen LogP contribution in [0.4, 0.5) is 5.00 Å². The van der Waals surface area contributed by atoms with Crippen molar-refractivity contribution in [3.8, 4) is 11.1 Å². The summed E-state index contributed by atoms with van der Waals surface area (Å²) in [5.74, 6) is -0.129. The molecule has 3 rings (SSSR count). The zero-order chi connectivity index (χ0) is 21.5. The number of carbonyl (C=O) groups is 2. The van der Waals surface area contributed by atoms with Crippen LogP contribution in [-0.2, 0) is 9.53 Å². The van der Waals surface area contributed by atoms with Gasteiger partial charge in [0.05, 0.1) is 6.61 Å². The number of rotatable bonds is 8.